The van der Waals surface area contributed by atoms with Gasteiger partial charge in [0.25, 0.3) is 0 Å². The highest BCUT2D eigenvalue weighted by molar-refractivity contribution is 7.16. The molecule has 0 bridgehead atoms. The first-order valence-electron chi connectivity index (χ1n) is 4.65. The first-order chi connectivity index (χ1) is 6.13. The molecule has 1 unspecified atom stereocenters. The predicted molar refractivity (Wildman–Crippen MR) is 67.9 cm³/mol. The van der Waals surface area contributed by atoms with E-state index in [1.807, 2.05) is 11.3 Å². The summed E-state index contributed by atoms with van der Waals surface area (Å²) < 4.78 is 0. The number of thiophene rings is 1. The molecule has 1 aromatic heterocycles. The minimum Gasteiger partial charge on any atom is -0.370 e. The van der Waals surface area contributed by atoms with Gasteiger partial charge in [-0.15, -0.1) is 23.7 Å². The number of nitrogens with two attached hydrogens (primary N) is 1. The van der Waals surface area contributed by atoms with Crippen molar-refractivity contribution in [3.05, 3.63) is 17.0 Å². The van der Waals surface area contributed by atoms with Crippen LogP contribution in [0.25, 0.3) is 0 Å². The molecule has 82 valence electrons. The summed E-state index contributed by atoms with van der Waals surface area (Å²) in [5.74, 6) is 0. The van der Waals surface area contributed by atoms with E-state index in [4.69, 9.17) is 5.73 Å². The number of rotatable bonds is 4. The Balaban J connectivity index is 0.00000169. The lowest BCUT2D eigenvalue weighted by atomic mass is 10.1. The zero-order chi connectivity index (χ0) is 9.84. The van der Waals surface area contributed by atoms with E-state index in [1.54, 1.807) is 0 Å². The Bertz CT molecular complexity index is 260. The van der Waals surface area contributed by atoms with Gasteiger partial charge in [-0.1, -0.05) is 6.92 Å². The molecule has 1 atom stereocenters. The molecule has 0 aliphatic heterocycles. The lowest BCUT2D eigenvalue weighted by molar-refractivity contribution is 0.652. The van der Waals surface area contributed by atoms with Crippen molar-refractivity contribution in [2.24, 2.45) is 5.73 Å². The molecule has 2 N–H and O–H groups in total. The van der Waals surface area contributed by atoms with Crippen molar-refractivity contribution < 1.29 is 0 Å². The van der Waals surface area contributed by atoms with Crippen LogP contribution in [0, 0.1) is 0 Å². The van der Waals surface area contributed by atoms with Crippen LogP contribution in [0.2, 0.25) is 0 Å². The Labute approximate surface area is 96.5 Å². The Hall–Kier alpha value is -0.250. The molecule has 14 heavy (non-hydrogen) atoms. The van der Waals surface area contributed by atoms with Crippen molar-refractivity contribution in [2.45, 2.75) is 25.8 Å². The van der Waals surface area contributed by atoms with Crippen molar-refractivity contribution in [1.29, 1.82) is 0 Å². The molecule has 0 radical (unpaired) electrons. The number of anilines is 1. The van der Waals surface area contributed by atoms with Gasteiger partial charge in [-0.05, 0) is 25.0 Å². The molecular weight excluding hydrogens is 216 g/mol. The van der Waals surface area contributed by atoms with Crippen molar-refractivity contribution in [2.75, 3.05) is 19.0 Å². The first kappa shape index (κ1) is 13.8. The fraction of sp³-hybridized carbons (Fsp3) is 0.600. The van der Waals surface area contributed by atoms with Crippen LogP contribution in [0.5, 0.6) is 0 Å². The second-order valence-electron chi connectivity index (χ2n) is 3.51. The molecule has 0 aliphatic rings. The molecule has 1 rings (SSSR count). The lowest BCUT2D eigenvalue weighted by Crippen LogP contribution is -2.20. The van der Waals surface area contributed by atoms with Gasteiger partial charge in [0.2, 0.25) is 0 Å². The third kappa shape index (κ3) is 3.86. The first-order valence-corrected chi connectivity index (χ1v) is 5.46. The average molecular weight is 235 g/mol. The molecule has 0 amide bonds. The highest BCUT2D eigenvalue weighted by Gasteiger charge is 2.05. The average Bonchev–Trinajstić information content (AvgIpc) is 2.52. The maximum Gasteiger partial charge on any atom is 0.0906 e. The second kappa shape index (κ2) is 6.27. The van der Waals surface area contributed by atoms with Crippen molar-refractivity contribution in [3.8, 4) is 0 Å². The summed E-state index contributed by atoms with van der Waals surface area (Å²) in [6, 6.07) is 4.64. The normalized spacial score (nSPS) is 12.0. The van der Waals surface area contributed by atoms with Gasteiger partial charge < -0.3 is 10.6 Å². The molecule has 0 spiro atoms. The van der Waals surface area contributed by atoms with Gasteiger partial charge in [-0.2, -0.15) is 0 Å². The topological polar surface area (TPSA) is 29.3 Å². The van der Waals surface area contributed by atoms with E-state index in [2.05, 4.69) is 38.1 Å². The minimum atomic E-state index is 0. The monoisotopic (exact) mass is 234 g/mol. The molecule has 4 heteroatoms. The molecule has 2 nitrogen and oxygen atoms in total. The highest BCUT2D eigenvalue weighted by atomic mass is 35.5. The zero-order valence-corrected chi connectivity index (χ0v) is 10.6. The molecule has 0 saturated heterocycles. The molecule has 0 aromatic carbocycles. The summed E-state index contributed by atoms with van der Waals surface area (Å²) in [5, 5.41) is 1.30. The Kier molecular flexibility index (Phi) is 6.16. The lowest BCUT2D eigenvalue weighted by Gasteiger charge is -2.08. The van der Waals surface area contributed by atoms with E-state index in [1.165, 1.54) is 9.88 Å². The van der Waals surface area contributed by atoms with Gasteiger partial charge in [0, 0.05) is 25.0 Å². The molecular formula is C10H19ClN2S. The van der Waals surface area contributed by atoms with E-state index < -0.39 is 0 Å². The zero-order valence-electron chi connectivity index (χ0n) is 8.99. The molecule has 1 heterocycles. The quantitative estimate of drug-likeness (QED) is 0.868. The SMILES string of the molecule is CCC(N)Cc1ccc(N(C)C)s1.Cl. The Morgan fingerprint density at radius 2 is 2.07 bits per heavy atom. The van der Waals surface area contributed by atoms with Crippen LogP contribution >= 0.6 is 23.7 Å². The number of hydrogen-bond donors (Lipinski definition) is 1. The van der Waals surface area contributed by atoms with E-state index in [0.717, 1.165) is 12.8 Å². The van der Waals surface area contributed by atoms with Gasteiger partial charge >= 0.3 is 0 Å². The molecule has 1 aromatic rings. The maximum atomic E-state index is 5.88. The van der Waals surface area contributed by atoms with Crippen LogP contribution in [0.1, 0.15) is 18.2 Å². The summed E-state index contributed by atoms with van der Waals surface area (Å²) in [4.78, 5) is 3.52. The summed E-state index contributed by atoms with van der Waals surface area (Å²) in [6.07, 6.45) is 2.06. The standard InChI is InChI=1S/C10H18N2S.ClH/c1-4-8(11)7-9-5-6-10(13-9)12(2)3;/h5-6,8H,4,7,11H2,1-3H3;1H. The third-order valence-electron chi connectivity index (χ3n) is 2.08. The fourth-order valence-electron chi connectivity index (χ4n) is 1.12. The smallest absolute Gasteiger partial charge is 0.0906 e. The highest BCUT2D eigenvalue weighted by Crippen LogP contribution is 2.25. The number of hydrogen-bond acceptors (Lipinski definition) is 3. The van der Waals surface area contributed by atoms with Gasteiger partial charge in [0.05, 0.1) is 5.00 Å². The van der Waals surface area contributed by atoms with E-state index in [0.29, 0.717) is 6.04 Å². The van der Waals surface area contributed by atoms with E-state index in [9.17, 15) is 0 Å². The van der Waals surface area contributed by atoms with Crippen LogP contribution in [0.4, 0.5) is 5.00 Å². The van der Waals surface area contributed by atoms with Gasteiger partial charge in [0.15, 0.2) is 0 Å². The molecule has 0 aliphatic carbocycles. The van der Waals surface area contributed by atoms with E-state index in [-0.39, 0.29) is 12.4 Å². The second-order valence-corrected chi connectivity index (χ2v) is 4.65. The van der Waals surface area contributed by atoms with Crippen LogP contribution in [-0.4, -0.2) is 20.1 Å². The van der Waals surface area contributed by atoms with Crippen molar-refractivity contribution in [3.63, 3.8) is 0 Å². The van der Waals surface area contributed by atoms with Crippen molar-refractivity contribution >= 4 is 28.7 Å². The minimum absolute atomic E-state index is 0. The molecule has 0 saturated carbocycles. The largest absolute Gasteiger partial charge is 0.370 e. The number of halogens is 1. The predicted octanol–water partition coefficient (Wildman–Crippen LogP) is 2.52. The van der Waals surface area contributed by atoms with Gasteiger partial charge in [0.1, 0.15) is 0 Å². The summed E-state index contributed by atoms with van der Waals surface area (Å²) in [5.41, 5.74) is 5.88. The molecule has 0 fully saturated rings. The summed E-state index contributed by atoms with van der Waals surface area (Å²) >= 11 is 1.83. The van der Waals surface area contributed by atoms with Gasteiger partial charge in [-0.3, -0.25) is 0 Å². The number of nitrogens with zero attached hydrogens (tertiary/aromatic N) is 1. The van der Waals surface area contributed by atoms with E-state index >= 15 is 0 Å². The summed E-state index contributed by atoms with van der Waals surface area (Å²) in [6.45, 7) is 2.13. The van der Waals surface area contributed by atoms with Crippen LogP contribution < -0.4 is 10.6 Å². The fourth-order valence-corrected chi connectivity index (χ4v) is 2.14. The van der Waals surface area contributed by atoms with Crippen molar-refractivity contribution in [1.82, 2.24) is 0 Å². The van der Waals surface area contributed by atoms with Gasteiger partial charge in [-0.25, -0.2) is 0 Å². The Morgan fingerprint density at radius 3 is 2.50 bits per heavy atom. The van der Waals surface area contributed by atoms with Crippen LogP contribution in [-0.2, 0) is 6.42 Å². The van der Waals surface area contributed by atoms with Crippen LogP contribution in [0.15, 0.2) is 12.1 Å². The summed E-state index contributed by atoms with van der Waals surface area (Å²) in [7, 11) is 4.13. The maximum absolute atomic E-state index is 5.88. The Morgan fingerprint density at radius 1 is 1.43 bits per heavy atom. The third-order valence-corrected chi connectivity index (χ3v) is 3.35. The van der Waals surface area contributed by atoms with Crippen LogP contribution in [0.3, 0.4) is 0 Å².